The van der Waals surface area contributed by atoms with Crippen LogP contribution in [-0.2, 0) is 19.8 Å². The molecule has 1 saturated heterocycles. The van der Waals surface area contributed by atoms with Crippen molar-refractivity contribution in [3.8, 4) is 11.1 Å². The molecule has 0 aliphatic carbocycles. The van der Waals surface area contributed by atoms with E-state index in [1.807, 2.05) is 68.4 Å². The Morgan fingerprint density at radius 2 is 1.54 bits per heavy atom. The van der Waals surface area contributed by atoms with Gasteiger partial charge in [0, 0.05) is 33.0 Å². The summed E-state index contributed by atoms with van der Waals surface area (Å²) in [6.07, 6.45) is 0.0360. The summed E-state index contributed by atoms with van der Waals surface area (Å²) in [5.41, 5.74) is 1.70. The molecule has 1 aliphatic rings. The van der Waals surface area contributed by atoms with Crippen LogP contribution in [0.5, 0.6) is 0 Å². The van der Waals surface area contributed by atoms with Crippen molar-refractivity contribution in [1.82, 2.24) is 9.80 Å². The lowest BCUT2D eigenvalue weighted by Gasteiger charge is -2.29. The van der Waals surface area contributed by atoms with Crippen LogP contribution in [0.1, 0.15) is 32.3 Å². The predicted octanol–water partition coefficient (Wildman–Crippen LogP) is 3.24. The Morgan fingerprint density at radius 1 is 0.964 bits per heavy atom. The van der Waals surface area contributed by atoms with Crippen LogP contribution in [0.4, 0.5) is 0 Å². The molecule has 1 aliphatic heterocycles. The Bertz CT molecular complexity index is 872. The molecule has 146 valence electrons. The van der Waals surface area contributed by atoms with Crippen LogP contribution < -0.4 is 0 Å². The average Bonchev–Trinajstić information content (AvgIpc) is 2.94. The standard InChI is InChI=1S/C23H26N2O3/c1-4-25(5-2)21(27)16-23(15-20(26)24(3)22(23)28)19-13-11-18(12-14-19)17-9-7-6-8-10-17/h6-14H,4-5,15-16H2,1-3H3. The summed E-state index contributed by atoms with van der Waals surface area (Å²) >= 11 is 0. The molecule has 3 rings (SSSR count). The first-order chi connectivity index (χ1) is 13.4. The quantitative estimate of drug-likeness (QED) is 0.725. The molecule has 0 N–H and O–H groups in total. The fourth-order valence-electron chi connectivity index (χ4n) is 3.91. The van der Waals surface area contributed by atoms with Gasteiger partial charge in [0.05, 0.1) is 5.41 Å². The number of carbonyl (C=O) groups excluding carboxylic acids is 3. The zero-order valence-electron chi connectivity index (χ0n) is 16.6. The highest BCUT2D eigenvalue weighted by Crippen LogP contribution is 2.40. The molecule has 0 aromatic heterocycles. The third-order valence-electron chi connectivity index (χ3n) is 5.65. The van der Waals surface area contributed by atoms with E-state index in [9.17, 15) is 14.4 Å². The van der Waals surface area contributed by atoms with Crippen molar-refractivity contribution in [3.05, 3.63) is 60.2 Å². The van der Waals surface area contributed by atoms with Gasteiger partial charge in [0.2, 0.25) is 17.7 Å². The molecule has 0 saturated carbocycles. The van der Waals surface area contributed by atoms with Gasteiger partial charge in [-0.1, -0.05) is 54.6 Å². The normalized spacial score (nSPS) is 19.2. The minimum atomic E-state index is -1.12. The molecule has 1 heterocycles. The highest BCUT2D eigenvalue weighted by molar-refractivity contribution is 6.10. The third-order valence-corrected chi connectivity index (χ3v) is 5.65. The van der Waals surface area contributed by atoms with E-state index >= 15 is 0 Å². The summed E-state index contributed by atoms with van der Waals surface area (Å²) < 4.78 is 0. The number of carbonyl (C=O) groups is 3. The van der Waals surface area contributed by atoms with Gasteiger partial charge in [-0.25, -0.2) is 0 Å². The summed E-state index contributed by atoms with van der Waals surface area (Å²) in [4.78, 5) is 41.1. The van der Waals surface area contributed by atoms with E-state index in [-0.39, 0.29) is 30.6 Å². The molecule has 28 heavy (non-hydrogen) atoms. The number of likely N-dealkylation sites (N-methyl/N-ethyl adjacent to an activating group) is 1. The van der Waals surface area contributed by atoms with E-state index in [0.29, 0.717) is 13.1 Å². The SMILES string of the molecule is CCN(CC)C(=O)CC1(c2ccc(-c3ccccc3)cc2)CC(=O)N(C)C1=O. The molecule has 0 radical (unpaired) electrons. The highest BCUT2D eigenvalue weighted by Gasteiger charge is 2.52. The van der Waals surface area contributed by atoms with Gasteiger partial charge in [0.25, 0.3) is 0 Å². The minimum absolute atomic E-state index is 0.00821. The van der Waals surface area contributed by atoms with Crippen molar-refractivity contribution in [1.29, 1.82) is 0 Å². The van der Waals surface area contributed by atoms with Crippen LogP contribution in [0.25, 0.3) is 11.1 Å². The first-order valence-corrected chi connectivity index (χ1v) is 9.67. The van der Waals surface area contributed by atoms with Gasteiger partial charge < -0.3 is 4.90 Å². The maximum Gasteiger partial charge on any atom is 0.240 e. The first kappa shape index (κ1) is 19.8. The number of nitrogens with zero attached hydrogens (tertiary/aromatic N) is 2. The van der Waals surface area contributed by atoms with E-state index in [2.05, 4.69) is 0 Å². The molecular weight excluding hydrogens is 352 g/mol. The van der Waals surface area contributed by atoms with Crippen LogP contribution in [-0.4, -0.2) is 47.7 Å². The van der Waals surface area contributed by atoms with Crippen LogP contribution in [0.2, 0.25) is 0 Å². The van der Waals surface area contributed by atoms with E-state index in [1.165, 1.54) is 7.05 Å². The van der Waals surface area contributed by atoms with E-state index < -0.39 is 5.41 Å². The van der Waals surface area contributed by atoms with Gasteiger partial charge in [0.1, 0.15) is 0 Å². The van der Waals surface area contributed by atoms with Gasteiger partial charge in [-0.3, -0.25) is 19.3 Å². The van der Waals surface area contributed by atoms with Crippen molar-refractivity contribution in [2.45, 2.75) is 32.1 Å². The van der Waals surface area contributed by atoms with E-state index in [4.69, 9.17) is 0 Å². The summed E-state index contributed by atoms with van der Waals surface area (Å²) in [5.74, 6) is -0.650. The number of likely N-dealkylation sites (tertiary alicyclic amines) is 1. The first-order valence-electron chi connectivity index (χ1n) is 9.67. The molecule has 0 bridgehead atoms. The number of hydrogen-bond acceptors (Lipinski definition) is 3. The Kier molecular flexibility index (Phi) is 5.63. The second-order valence-electron chi connectivity index (χ2n) is 7.20. The van der Waals surface area contributed by atoms with Crippen LogP contribution in [0, 0.1) is 0 Å². The average molecular weight is 378 g/mol. The second kappa shape index (κ2) is 7.97. The molecule has 2 aromatic rings. The molecule has 1 fully saturated rings. The van der Waals surface area contributed by atoms with Gasteiger partial charge in [0.15, 0.2) is 0 Å². The third kappa shape index (κ3) is 3.44. The van der Waals surface area contributed by atoms with Crippen molar-refractivity contribution in [2.24, 2.45) is 0 Å². The number of imide groups is 1. The second-order valence-corrected chi connectivity index (χ2v) is 7.20. The maximum atomic E-state index is 13.1. The Balaban J connectivity index is 1.99. The fourth-order valence-corrected chi connectivity index (χ4v) is 3.91. The van der Waals surface area contributed by atoms with Crippen molar-refractivity contribution < 1.29 is 14.4 Å². The molecule has 2 aromatic carbocycles. The molecule has 3 amide bonds. The smallest absolute Gasteiger partial charge is 0.240 e. The number of benzene rings is 2. The van der Waals surface area contributed by atoms with Crippen molar-refractivity contribution >= 4 is 17.7 Å². The lowest BCUT2D eigenvalue weighted by atomic mass is 9.75. The summed E-state index contributed by atoms with van der Waals surface area (Å²) in [6, 6.07) is 17.6. The molecular formula is C23H26N2O3. The van der Waals surface area contributed by atoms with Crippen molar-refractivity contribution in [3.63, 3.8) is 0 Å². The topological polar surface area (TPSA) is 57.7 Å². The molecule has 1 atom stereocenters. The minimum Gasteiger partial charge on any atom is -0.343 e. The Labute approximate surface area is 166 Å². The van der Waals surface area contributed by atoms with Crippen LogP contribution in [0.3, 0.4) is 0 Å². The fraction of sp³-hybridized carbons (Fsp3) is 0.348. The zero-order valence-corrected chi connectivity index (χ0v) is 16.6. The lowest BCUT2D eigenvalue weighted by molar-refractivity contribution is -0.141. The molecule has 5 heteroatoms. The number of amides is 3. The largest absolute Gasteiger partial charge is 0.343 e. The van der Waals surface area contributed by atoms with Gasteiger partial charge in [-0.15, -0.1) is 0 Å². The van der Waals surface area contributed by atoms with E-state index in [1.54, 1.807) is 4.90 Å². The van der Waals surface area contributed by atoms with Gasteiger partial charge in [-0.2, -0.15) is 0 Å². The highest BCUT2D eigenvalue weighted by atomic mass is 16.2. The van der Waals surface area contributed by atoms with Crippen LogP contribution >= 0.6 is 0 Å². The summed E-state index contributed by atoms with van der Waals surface area (Å²) in [5, 5.41) is 0. The monoisotopic (exact) mass is 378 g/mol. The zero-order chi connectivity index (χ0) is 20.3. The Morgan fingerprint density at radius 3 is 2.04 bits per heavy atom. The van der Waals surface area contributed by atoms with Gasteiger partial charge in [-0.05, 0) is 30.5 Å². The molecule has 1 unspecified atom stereocenters. The summed E-state index contributed by atoms with van der Waals surface area (Å²) in [6.45, 7) is 4.99. The lowest BCUT2D eigenvalue weighted by Crippen LogP contribution is -2.42. The number of hydrogen-bond donors (Lipinski definition) is 0. The maximum absolute atomic E-state index is 13.1. The molecule has 0 spiro atoms. The van der Waals surface area contributed by atoms with E-state index in [0.717, 1.165) is 21.6 Å². The summed E-state index contributed by atoms with van der Waals surface area (Å²) in [7, 11) is 1.49. The van der Waals surface area contributed by atoms with Crippen LogP contribution in [0.15, 0.2) is 54.6 Å². The molecule has 5 nitrogen and oxygen atoms in total. The van der Waals surface area contributed by atoms with Crippen molar-refractivity contribution in [2.75, 3.05) is 20.1 Å². The van der Waals surface area contributed by atoms with Gasteiger partial charge >= 0.3 is 0 Å². The predicted molar refractivity (Wildman–Crippen MR) is 108 cm³/mol. The Hall–Kier alpha value is -2.95. The number of rotatable bonds is 6.